The number of nitrogens with zero attached hydrogens (tertiary/aromatic N) is 2. The standard InChI is InChI=1S/C24H25N3O2/c1-16-4-2-5-18(14-16)26-23-20-7-3-6-19(17-8-9-17)22(20)21(15-25-23)24(28)27-10-12-29-13-11-27/h2-7,14-15,17H,8-13H2,1H3,(H,25,26). The molecule has 0 radical (unpaired) electrons. The number of aryl methyl sites for hydroxylation is 1. The summed E-state index contributed by atoms with van der Waals surface area (Å²) in [7, 11) is 0. The van der Waals surface area contributed by atoms with Crippen LogP contribution < -0.4 is 5.32 Å². The summed E-state index contributed by atoms with van der Waals surface area (Å²) in [6.45, 7) is 4.54. The Hall–Kier alpha value is -2.92. The van der Waals surface area contributed by atoms with E-state index < -0.39 is 0 Å². The number of pyridine rings is 1. The summed E-state index contributed by atoms with van der Waals surface area (Å²) < 4.78 is 5.42. The first-order valence-corrected chi connectivity index (χ1v) is 10.3. The van der Waals surface area contributed by atoms with Crippen LogP contribution in [0.2, 0.25) is 0 Å². The van der Waals surface area contributed by atoms with Gasteiger partial charge in [0.15, 0.2) is 0 Å². The van der Waals surface area contributed by atoms with E-state index in [1.807, 2.05) is 17.0 Å². The first kappa shape index (κ1) is 18.1. The predicted molar refractivity (Wildman–Crippen MR) is 115 cm³/mol. The number of hydrogen-bond donors (Lipinski definition) is 1. The van der Waals surface area contributed by atoms with Crippen LogP contribution >= 0.6 is 0 Å². The van der Waals surface area contributed by atoms with Crippen molar-refractivity contribution in [2.45, 2.75) is 25.7 Å². The number of fused-ring (bicyclic) bond motifs is 1. The van der Waals surface area contributed by atoms with Gasteiger partial charge in [0.05, 0.1) is 18.8 Å². The molecular weight excluding hydrogens is 362 g/mol. The molecule has 0 spiro atoms. The Morgan fingerprint density at radius 2 is 1.93 bits per heavy atom. The number of nitrogens with one attached hydrogen (secondary N) is 1. The van der Waals surface area contributed by atoms with E-state index in [-0.39, 0.29) is 5.91 Å². The highest BCUT2D eigenvalue weighted by Crippen LogP contribution is 2.45. The summed E-state index contributed by atoms with van der Waals surface area (Å²) in [6.07, 6.45) is 4.13. The molecule has 2 aromatic carbocycles. The van der Waals surface area contributed by atoms with Crippen LogP contribution in [0.4, 0.5) is 11.5 Å². The van der Waals surface area contributed by atoms with E-state index in [2.05, 4.69) is 47.6 Å². The second kappa shape index (κ2) is 7.48. The fraction of sp³-hybridized carbons (Fsp3) is 0.333. The van der Waals surface area contributed by atoms with Gasteiger partial charge in [-0.1, -0.05) is 30.3 Å². The molecule has 5 nitrogen and oxygen atoms in total. The largest absolute Gasteiger partial charge is 0.378 e. The number of rotatable bonds is 4. The zero-order valence-corrected chi connectivity index (χ0v) is 16.6. The van der Waals surface area contributed by atoms with Gasteiger partial charge < -0.3 is 15.0 Å². The lowest BCUT2D eigenvalue weighted by atomic mass is 9.97. The van der Waals surface area contributed by atoms with Crippen LogP contribution in [-0.2, 0) is 4.74 Å². The van der Waals surface area contributed by atoms with Gasteiger partial charge in [-0.05, 0) is 48.9 Å². The number of amides is 1. The molecule has 3 aromatic rings. The summed E-state index contributed by atoms with van der Waals surface area (Å²) in [4.78, 5) is 19.9. The molecule has 1 aliphatic carbocycles. The molecule has 0 unspecified atom stereocenters. The van der Waals surface area contributed by atoms with Gasteiger partial charge in [-0.2, -0.15) is 0 Å². The van der Waals surface area contributed by atoms with Crippen molar-refractivity contribution >= 4 is 28.2 Å². The number of ether oxygens (including phenoxy) is 1. The number of anilines is 2. The van der Waals surface area contributed by atoms with Crippen molar-refractivity contribution in [1.29, 1.82) is 0 Å². The molecule has 2 heterocycles. The number of aromatic nitrogens is 1. The lowest BCUT2D eigenvalue weighted by Gasteiger charge is -2.27. The monoisotopic (exact) mass is 387 g/mol. The number of carbonyl (C=O) groups is 1. The maximum absolute atomic E-state index is 13.3. The van der Waals surface area contributed by atoms with Gasteiger partial charge in [-0.3, -0.25) is 4.79 Å². The van der Waals surface area contributed by atoms with Gasteiger partial charge in [-0.15, -0.1) is 0 Å². The average molecular weight is 387 g/mol. The van der Waals surface area contributed by atoms with Gasteiger partial charge in [-0.25, -0.2) is 4.98 Å². The van der Waals surface area contributed by atoms with Gasteiger partial charge in [0, 0.05) is 35.7 Å². The van der Waals surface area contributed by atoms with Crippen LogP contribution in [-0.4, -0.2) is 42.1 Å². The van der Waals surface area contributed by atoms with Gasteiger partial charge in [0.25, 0.3) is 5.91 Å². The summed E-state index contributed by atoms with van der Waals surface area (Å²) in [6, 6.07) is 14.6. The minimum Gasteiger partial charge on any atom is -0.378 e. The highest BCUT2D eigenvalue weighted by atomic mass is 16.5. The third-order valence-corrected chi connectivity index (χ3v) is 5.77. The first-order chi connectivity index (χ1) is 14.2. The Kier molecular flexibility index (Phi) is 4.68. The topological polar surface area (TPSA) is 54.5 Å². The molecule has 1 N–H and O–H groups in total. The summed E-state index contributed by atoms with van der Waals surface area (Å²) >= 11 is 0. The fourth-order valence-electron chi connectivity index (χ4n) is 4.12. The molecule has 5 heteroatoms. The molecule has 2 fully saturated rings. The van der Waals surface area contributed by atoms with Crippen LogP contribution in [0, 0.1) is 6.92 Å². The number of morpholine rings is 1. The lowest BCUT2D eigenvalue weighted by molar-refractivity contribution is 0.0304. The zero-order chi connectivity index (χ0) is 19.8. The Balaban J connectivity index is 1.62. The van der Waals surface area contributed by atoms with Crippen molar-refractivity contribution in [3.05, 3.63) is 65.4 Å². The maximum atomic E-state index is 13.3. The molecule has 1 saturated heterocycles. The van der Waals surface area contributed by atoms with Gasteiger partial charge in [0.1, 0.15) is 5.82 Å². The molecule has 1 aromatic heterocycles. The summed E-state index contributed by atoms with van der Waals surface area (Å²) in [5.41, 5.74) is 4.17. The minimum atomic E-state index is 0.0565. The molecule has 1 aliphatic heterocycles. The van der Waals surface area contributed by atoms with Crippen LogP contribution in [0.25, 0.3) is 10.8 Å². The molecule has 0 atom stereocenters. The van der Waals surface area contributed by atoms with E-state index in [1.54, 1.807) is 6.20 Å². The maximum Gasteiger partial charge on any atom is 0.256 e. The molecule has 0 bridgehead atoms. The molecule has 1 saturated carbocycles. The first-order valence-electron chi connectivity index (χ1n) is 10.3. The second-order valence-corrected chi connectivity index (χ2v) is 7.96. The molecule has 1 amide bonds. The highest BCUT2D eigenvalue weighted by molar-refractivity contribution is 6.11. The summed E-state index contributed by atoms with van der Waals surface area (Å²) in [5, 5.41) is 5.53. The second-order valence-electron chi connectivity index (χ2n) is 7.96. The molecular formula is C24H25N3O2. The van der Waals surface area contributed by atoms with Crippen molar-refractivity contribution in [3.8, 4) is 0 Å². The molecule has 5 rings (SSSR count). The van der Waals surface area contributed by atoms with Gasteiger partial charge >= 0.3 is 0 Å². The molecule has 29 heavy (non-hydrogen) atoms. The van der Waals surface area contributed by atoms with Crippen LogP contribution in [0.5, 0.6) is 0 Å². The Morgan fingerprint density at radius 3 is 2.69 bits per heavy atom. The Bertz CT molecular complexity index is 1070. The van der Waals surface area contributed by atoms with E-state index >= 15 is 0 Å². The van der Waals surface area contributed by atoms with E-state index in [1.165, 1.54) is 24.0 Å². The van der Waals surface area contributed by atoms with E-state index in [0.717, 1.165) is 22.3 Å². The van der Waals surface area contributed by atoms with Crippen molar-refractivity contribution in [2.75, 3.05) is 31.6 Å². The Morgan fingerprint density at radius 1 is 1.14 bits per heavy atom. The predicted octanol–water partition coefficient (Wildman–Crippen LogP) is 4.64. The van der Waals surface area contributed by atoms with Crippen LogP contribution in [0.15, 0.2) is 48.7 Å². The lowest BCUT2D eigenvalue weighted by Crippen LogP contribution is -2.40. The zero-order valence-electron chi connectivity index (χ0n) is 16.6. The quantitative estimate of drug-likeness (QED) is 0.709. The SMILES string of the molecule is Cc1cccc(Nc2ncc(C(=O)N3CCOCC3)c3c(C4CC4)cccc23)c1. The number of benzene rings is 2. The van der Waals surface area contributed by atoms with Gasteiger partial charge in [0.2, 0.25) is 0 Å². The van der Waals surface area contributed by atoms with E-state index in [9.17, 15) is 4.79 Å². The normalized spacial score (nSPS) is 16.8. The minimum absolute atomic E-state index is 0.0565. The molecule has 2 aliphatic rings. The number of hydrogen-bond acceptors (Lipinski definition) is 4. The van der Waals surface area contributed by atoms with E-state index in [4.69, 9.17) is 4.74 Å². The van der Waals surface area contributed by atoms with Crippen molar-refractivity contribution in [1.82, 2.24) is 9.88 Å². The van der Waals surface area contributed by atoms with Crippen molar-refractivity contribution in [3.63, 3.8) is 0 Å². The third kappa shape index (κ3) is 3.58. The summed E-state index contributed by atoms with van der Waals surface area (Å²) in [5.74, 6) is 1.40. The van der Waals surface area contributed by atoms with E-state index in [0.29, 0.717) is 37.8 Å². The van der Waals surface area contributed by atoms with Crippen molar-refractivity contribution < 1.29 is 9.53 Å². The number of carbonyl (C=O) groups excluding carboxylic acids is 1. The molecule has 148 valence electrons. The van der Waals surface area contributed by atoms with Crippen LogP contribution in [0.3, 0.4) is 0 Å². The Labute approximate surface area is 170 Å². The van der Waals surface area contributed by atoms with Crippen LogP contribution in [0.1, 0.15) is 40.2 Å². The third-order valence-electron chi connectivity index (χ3n) is 5.77. The van der Waals surface area contributed by atoms with Crippen molar-refractivity contribution in [2.24, 2.45) is 0 Å². The highest BCUT2D eigenvalue weighted by Gasteiger charge is 2.29. The fourth-order valence-corrected chi connectivity index (χ4v) is 4.12. The average Bonchev–Trinajstić information content (AvgIpc) is 3.59. The smallest absolute Gasteiger partial charge is 0.256 e.